The van der Waals surface area contributed by atoms with Gasteiger partial charge in [0.05, 0.1) is 10.0 Å². The molecule has 1 aliphatic carbocycles. The number of amides is 1. The molecule has 8 heteroatoms. The standard InChI is InChI=1S/C27H26Cl2N4O2/c28-22-15-31-24(27(22)29)16-33(12-11-19-14-30-23-4-2-1-3-20(19)23)25-9-7-18-13-17(5-8-21(18)25)6-10-26(34)32-35/h1-6,8,10,13-15,25,30-31,35H,7,9,11-12,16H2,(H,32,34)/b10-6+. The number of carbonyl (C=O) groups is 1. The minimum absolute atomic E-state index is 0.243. The molecule has 4 aromatic rings. The van der Waals surface area contributed by atoms with Crippen molar-refractivity contribution in [1.29, 1.82) is 0 Å². The third kappa shape index (κ3) is 5.02. The van der Waals surface area contributed by atoms with Gasteiger partial charge in [-0.25, -0.2) is 5.48 Å². The number of aromatic nitrogens is 2. The summed E-state index contributed by atoms with van der Waals surface area (Å²) in [7, 11) is 0. The number of para-hydroxylation sites is 1. The fourth-order valence-corrected chi connectivity index (χ4v) is 5.33. The van der Waals surface area contributed by atoms with Gasteiger partial charge >= 0.3 is 0 Å². The number of aromatic amines is 2. The normalized spacial score (nSPS) is 15.4. The second-order valence-corrected chi connectivity index (χ2v) is 9.62. The van der Waals surface area contributed by atoms with Crippen LogP contribution in [-0.4, -0.2) is 32.5 Å². The molecule has 1 unspecified atom stereocenters. The van der Waals surface area contributed by atoms with Crippen molar-refractivity contribution in [2.45, 2.75) is 31.8 Å². The van der Waals surface area contributed by atoms with Crippen LogP contribution in [0.1, 0.15) is 40.4 Å². The number of benzene rings is 2. The zero-order valence-corrected chi connectivity index (χ0v) is 20.5. The molecule has 35 heavy (non-hydrogen) atoms. The Bertz CT molecular complexity index is 1390. The first-order valence-corrected chi connectivity index (χ1v) is 12.3. The van der Waals surface area contributed by atoms with E-state index in [1.54, 1.807) is 17.8 Å². The van der Waals surface area contributed by atoms with Crippen molar-refractivity contribution < 1.29 is 10.0 Å². The largest absolute Gasteiger partial charge is 0.361 e. The smallest absolute Gasteiger partial charge is 0.267 e. The van der Waals surface area contributed by atoms with E-state index in [1.165, 1.54) is 28.2 Å². The molecule has 6 nitrogen and oxygen atoms in total. The molecule has 0 spiro atoms. The summed E-state index contributed by atoms with van der Waals surface area (Å²) in [6.45, 7) is 1.52. The van der Waals surface area contributed by atoms with E-state index < -0.39 is 5.91 Å². The summed E-state index contributed by atoms with van der Waals surface area (Å²) in [5.74, 6) is -0.548. The Labute approximate surface area is 213 Å². The van der Waals surface area contributed by atoms with Crippen LogP contribution in [0.2, 0.25) is 10.0 Å². The number of carbonyl (C=O) groups excluding carboxylic acids is 1. The van der Waals surface area contributed by atoms with Gasteiger partial charge in [0.2, 0.25) is 0 Å². The molecule has 180 valence electrons. The average Bonchev–Trinajstić information content (AvgIpc) is 3.58. The second-order valence-electron chi connectivity index (χ2n) is 8.83. The first-order chi connectivity index (χ1) is 17.0. The highest BCUT2D eigenvalue weighted by Gasteiger charge is 2.29. The SMILES string of the molecule is O=C(/C=C/c1ccc2c(c1)CCC2N(CCc1c[nH]c2ccccc12)Cc1[nH]cc(Cl)c1Cl)NO. The Morgan fingerprint density at radius 3 is 2.83 bits per heavy atom. The predicted molar refractivity (Wildman–Crippen MR) is 140 cm³/mol. The second kappa shape index (κ2) is 10.3. The number of H-pyrrole nitrogens is 2. The van der Waals surface area contributed by atoms with E-state index in [-0.39, 0.29) is 6.04 Å². The lowest BCUT2D eigenvalue weighted by Gasteiger charge is -2.29. The Balaban J connectivity index is 1.40. The molecular formula is C27H26Cl2N4O2. The predicted octanol–water partition coefficient (Wildman–Crippen LogP) is 6.05. The fourth-order valence-electron chi connectivity index (χ4n) is 4.99. The minimum atomic E-state index is -0.548. The maximum absolute atomic E-state index is 11.3. The fraction of sp³-hybridized carbons (Fsp3) is 0.222. The highest BCUT2D eigenvalue weighted by atomic mass is 35.5. The molecule has 0 saturated heterocycles. The van der Waals surface area contributed by atoms with Crippen molar-refractivity contribution in [1.82, 2.24) is 20.3 Å². The summed E-state index contributed by atoms with van der Waals surface area (Å²) >= 11 is 12.7. The van der Waals surface area contributed by atoms with E-state index in [1.807, 2.05) is 12.1 Å². The van der Waals surface area contributed by atoms with Gasteiger partial charge in [0, 0.05) is 54.2 Å². The summed E-state index contributed by atoms with van der Waals surface area (Å²) in [5.41, 5.74) is 8.47. The summed E-state index contributed by atoms with van der Waals surface area (Å²) in [5, 5.41) is 11.1. The third-order valence-electron chi connectivity index (χ3n) is 6.74. The van der Waals surface area contributed by atoms with Crippen LogP contribution in [0, 0.1) is 0 Å². The quantitative estimate of drug-likeness (QED) is 0.133. The van der Waals surface area contributed by atoms with E-state index in [9.17, 15) is 4.79 Å². The number of halogens is 2. The molecule has 2 aromatic carbocycles. The Kier molecular flexibility index (Phi) is 6.97. The lowest BCUT2D eigenvalue weighted by atomic mass is 10.0. The van der Waals surface area contributed by atoms with Crippen LogP contribution in [0.25, 0.3) is 17.0 Å². The maximum Gasteiger partial charge on any atom is 0.267 e. The first-order valence-electron chi connectivity index (χ1n) is 11.6. The molecule has 0 bridgehead atoms. The summed E-state index contributed by atoms with van der Waals surface area (Å²) in [4.78, 5) is 20.4. The molecule has 1 aliphatic rings. The molecule has 4 N–H and O–H groups in total. The molecule has 2 heterocycles. The van der Waals surface area contributed by atoms with E-state index in [0.29, 0.717) is 16.6 Å². The highest BCUT2D eigenvalue weighted by molar-refractivity contribution is 6.42. The zero-order valence-electron chi connectivity index (χ0n) is 19.0. The van der Waals surface area contributed by atoms with Crippen molar-refractivity contribution in [2.24, 2.45) is 0 Å². The molecular weight excluding hydrogens is 483 g/mol. The number of nitrogens with zero attached hydrogens (tertiary/aromatic N) is 1. The van der Waals surface area contributed by atoms with Gasteiger partial charge in [-0.1, -0.05) is 59.6 Å². The van der Waals surface area contributed by atoms with E-state index >= 15 is 0 Å². The summed E-state index contributed by atoms with van der Waals surface area (Å²) in [6, 6.07) is 14.9. The number of aryl methyl sites for hydroxylation is 1. The number of hydrogen-bond acceptors (Lipinski definition) is 3. The van der Waals surface area contributed by atoms with Gasteiger partial charge < -0.3 is 9.97 Å². The van der Waals surface area contributed by atoms with Gasteiger partial charge in [-0.15, -0.1) is 0 Å². The number of fused-ring (bicyclic) bond motifs is 2. The van der Waals surface area contributed by atoms with Crippen LogP contribution >= 0.6 is 23.2 Å². The monoisotopic (exact) mass is 508 g/mol. The summed E-state index contributed by atoms with van der Waals surface area (Å²) in [6.07, 6.45) is 9.72. The maximum atomic E-state index is 11.3. The van der Waals surface area contributed by atoms with Crippen molar-refractivity contribution in [2.75, 3.05) is 6.54 Å². The first kappa shape index (κ1) is 23.7. The van der Waals surface area contributed by atoms with Crippen molar-refractivity contribution in [3.63, 3.8) is 0 Å². The zero-order chi connectivity index (χ0) is 24.4. The van der Waals surface area contributed by atoms with Crippen molar-refractivity contribution >= 4 is 46.1 Å². The van der Waals surface area contributed by atoms with Gasteiger partial charge in [0.15, 0.2) is 0 Å². The molecule has 0 radical (unpaired) electrons. The van der Waals surface area contributed by atoms with Crippen LogP contribution in [0.4, 0.5) is 0 Å². The average molecular weight is 509 g/mol. The molecule has 5 rings (SSSR count). The van der Waals surface area contributed by atoms with Crippen molar-refractivity contribution in [3.05, 3.63) is 98.9 Å². The summed E-state index contributed by atoms with van der Waals surface area (Å²) < 4.78 is 0. The van der Waals surface area contributed by atoms with Gasteiger partial charge in [-0.3, -0.25) is 14.9 Å². The Hall–Kier alpha value is -3.03. The van der Waals surface area contributed by atoms with E-state index in [2.05, 4.69) is 51.4 Å². The lowest BCUT2D eigenvalue weighted by Crippen LogP contribution is -2.29. The number of rotatable bonds is 8. The van der Waals surface area contributed by atoms with Crippen LogP contribution < -0.4 is 5.48 Å². The van der Waals surface area contributed by atoms with Gasteiger partial charge in [0.1, 0.15) is 0 Å². The van der Waals surface area contributed by atoms with Crippen LogP contribution in [-0.2, 0) is 24.2 Å². The van der Waals surface area contributed by atoms with E-state index in [4.69, 9.17) is 28.4 Å². The minimum Gasteiger partial charge on any atom is -0.361 e. The number of hydroxylamine groups is 1. The van der Waals surface area contributed by atoms with Crippen LogP contribution in [0.5, 0.6) is 0 Å². The molecule has 2 aromatic heterocycles. The van der Waals surface area contributed by atoms with Gasteiger partial charge in [-0.05, 0) is 53.7 Å². The highest BCUT2D eigenvalue weighted by Crippen LogP contribution is 2.38. The molecule has 0 aliphatic heterocycles. The molecule has 1 amide bonds. The van der Waals surface area contributed by atoms with Crippen molar-refractivity contribution in [3.8, 4) is 0 Å². The Morgan fingerprint density at radius 1 is 1.17 bits per heavy atom. The molecule has 0 saturated carbocycles. The topological polar surface area (TPSA) is 84.2 Å². The number of hydrogen-bond donors (Lipinski definition) is 4. The number of nitrogens with one attached hydrogen (secondary N) is 3. The molecule has 1 atom stereocenters. The van der Waals surface area contributed by atoms with Crippen LogP contribution in [0.3, 0.4) is 0 Å². The Morgan fingerprint density at radius 2 is 2.03 bits per heavy atom. The van der Waals surface area contributed by atoms with E-state index in [0.717, 1.165) is 42.6 Å². The molecule has 0 fully saturated rings. The lowest BCUT2D eigenvalue weighted by molar-refractivity contribution is -0.124. The van der Waals surface area contributed by atoms with Crippen LogP contribution in [0.15, 0.2) is 60.9 Å². The third-order valence-corrected chi connectivity index (χ3v) is 7.57. The van der Waals surface area contributed by atoms with Gasteiger partial charge in [0.25, 0.3) is 5.91 Å². The van der Waals surface area contributed by atoms with Gasteiger partial charge in [-0.2, -0.15) is 0 Å².